The van der Waals surface area contributed by atoms with E-state index in [1.807, 2.05) is 4.57 Å². The zero-order chi connectivity index (χ0) is 19.7. The number of sulfonamides is 1. The Balaban J connectivity index is 1.71. The normalized spacial score (nSPS) is 14.4. The predicted molar refractivity (Wildman–Crippen MR) is 103 cm³/mol. The monoisotopic (exact) mass is 421 g/mol. The molecule has 2 aromatic heterocycles. The summed E-state index contributed by atoms with van der Waals surface area (Å²) >= 11 is 5.90. The van der Waals surface area contributed by atoms with Crippen LogP contribution in [0.25, 0.3) is 11.4 Å². The van der Waals surface area contributed by atoms with Gasteiger partial charge >= 0.3 is 0 Å². The fraction of sp³-hybridized carbons (Fsp3) is 0.278. The Hall–Kier alpha value is -2.52. The molecule has 0 saturated carbocycles. The Kier molecular flexibility index (Phi) is 5.03. The zero-order valence-corrected chi connectivity index (χ0v) is 16.3. The second kappa shape index (κ2) is 7.48. The highest BCUT2D eigenvalue weighted by molar-refractivity contribution is 7.92. The van der Waals surface area contributed by atoms with Crippen molar-refractivity contribution in [2.75, 3.05) is 4.72 Å². The zero-order valence-electron chi connectivity index (χ0n) is 14.8. The first-order chi connectivity index (χ1) is 13.5. The van der Waals surface area contributed by atoms with E-state index in [-0.39, 0.29) is 21.3 Å². The molecule has 28 heavy (non-hydrogen) atoms. The van der Waals surface area contributed by atoms with Crippen molar-refractivity contribution < 1.29 is 12.8 Å². The van der Waals surface area contributed by atoms with Crippen LogP contribution in [0.5, 0.6) is 0 Å². The Morgan fingerprint density at radius 3 is 2.82 bits per heavy atom. The molecule has 0 fully saturated rings. The molecule has 0 saturated heterocycles. The summed E-state index contributed by atoms with van der Waals surface area (Å²) in [6, 6.07) is 6.79. The van der Waals surface area contributed by atoms with Crippen molar-refractivity contribution in [1.29, 1.82) is 0 Å². The van der Waals surface area contributed by atoms with Crippen LogP contribution in [0.4, 0.5) is 10.1 Å². The first kappa shape index (κ1) is 18.8. The van der Waals surface area contributed by atoms with Gasteiger partial charge in [-0.2, -0.15) is 0 Å². The number of aryl methyl sites for hydroxylation is 1. The van der Waals surface area contributed by atoms with Gasteiger partial charge in [0.25, 0.3) is 10.0 Å². The minimum absolute atomic E-state index is 0.139. The molecule has 1 aliphatic heterocycles. The lowest BCUT2D eigenvalue weighted by molar-refractivity contribution is 0.600. The van der Waals surface area contributed by atoms with Crippen LogP contribution in [0.15, 0.2) is 41.4 Å². The second-order valence-electron chi connectivity index (χ2n) is 6.49. The number of benzene rings is 1. The fourth-order valence-corrected chi connectivity index (χ4v) is 4.73. The number of fused-ring (bicyclic) bond motifs is 1. The van der Waals surface area contributed by atoms with Crippen LogP contribution < -0.4 is 4.72 Å². The van der Waals surface area contributed by atoms with Crippen LogP contribution in [0.2, 0.25) is 5.15 Å². The van der Waals surface area contributed by atoms with Gasteiger partial charge in [0, 0.05) is 24.8 Å². The number of hydrogen-bond acceptors (Lipinski definition) is 5. The molecule has 1 aliphatic rings. The summed E-state index contributed by atoms with van der Waals surface area (Å²) in [5.74, 6) is 0.719. The van der Waals surface area contributed by atoms with Gasteiger partial charge in [-0.3, -0.25) is 4.72 Å². The van der Waals surface area contributed by atoms with E-state index in [2.05, 4.69) is 19.9 Å². The molecule has 0 radical (unpaired) electrons. The lowest BCUT2D eigenvalue weighted by Gasteiger charge is -2.12. The van der Waals surface area contributed by atoms with E-state index in [9.17, 15) is 12.8 Å². The summed E-state index contributed by atoms with van der Waals surface area (Å²) in [6.07, 6.45) is 5.25. The molecule has 146 valence electrons. The third-order valence-electron chi connectivity index (χ3n) is 4.58. The topological polar surface area (TPSA) is 89.8 Å². The van der Waals surface area contributed by atoms with Crippen molar-refractivity contribution in [2.45, 2.75) is 37.1 Å². The van der Waals surface area contributed by atoms with Gasteiger partial charge in [-0.1, -0.05) is 18.0 Å². The van der Waals surface area contributed by atoms with Gasteiger partial charge in [-0.25, -0.2) is 17.8 Å². The van der Waals surface area contributed by atoms with E-state index in [1.165, 1.54) is 36.5 Å². The number of halogens is 2. The van der Waals surface area contributed by atoms with Crippen LogP contribution in [-0.2, 0) is 23.0 Å². The number of anilines is 1. The molecule has 1 aromatic carbocycles. The Bertz CT molecular complexity index is 1130. The molecule has 0 aliphatic carbocycles. The first-order valence-electron chi connectivity index (χ1n) is 8.81. The van der Waals surface area contributed by atoms with Crippen molar-refractivity contribution in [3.05, 3.63) is 53.3 Å². The average molecular weight is 422 g/mol. The van der Waals surface area contributed by atoms with Crippen LogP contribution in [-0.4, -0.2) is 28.2 Å². The third kappa shape index (κ3) is 3.59. The molecule has 10 heteroatoms. The van der Waals surface area contributed by atoms with Crippen molar-refractivity contribution in [1.82, 2.24) is 19.7 Å². The maximum absolute atomic E-state index is 14.5. The highest BCUT2D eigenvalue weighted by Crippen LogP contribution is 2.29. The van der Waals surface area contributed by atoms with E-state index in [1.54, 1.807) is 0 Å². The lowest BCUT2D eigenvalue weighted by Crippen LogP contribution is -2.14. The molecule has 7 nitrogen and oxygen atoms in total. The molecule has 4 rings (SSSR count). The summed E-state index contributed by atoms with van der Waals surface area (Å²) in [6.45, 7) is 0.707. The van der Waals surface area contributed by atoms with Crippen molar-refractivity contribution in [2.24, 2.45) is 0 Å². The van der Waals surface area contributed by atoms with E-state index < -0.39 is 15.8 Å². The lowest BCUT2D eigenvalue weighted by atomic mass is 10.1. The average Bonchev–Trinajstić information content (AvgIpc) is 2.91. The summed E-state index contributed by atoms with van der Waals surface area (Å²) in [4.78, 5) is 3.63. The number of nitrogens with zero attached hydrogens (tertiary/aromatic N) is 4. The van der Waals surface area contributed by atoms with E-state index in [0.717, 1.165) is 31.5 Å². The van der Waals surface area contributed by atoms with Gasteiger partial charge in [-0.05, 0) is 43.2 Å². The highest BCUT2D eigenvalue weighted by atomic mass is 35.5. The molecule has 0 spiro atoms. The quantitative estimate of drug-likeness (QED) is 0.649. The molecule has 1 N–H and O–H groups in total. The van der Waals surface area contributed by atoms with Gasteiger partial charge in [0.2, 0.25) is 0 Å². The molecule has 3 heterocycles. The number of pyridine rings is 1. The van der Waals surface area contributed by atoms with E-state index >= 15 is 0 Å². The molecule has 0 unspecified atom stereocenters. The van der Waals surface area contributed by atoms with E-state index in [4.69, 9.17) is 11.6 Å². The molecule has 3 aromatic rings. The SMILES string of the molecule is O=S(=O)(Nc1ccc(F)c(-c2nnc3n2CCCCC3)c1)c1cccnc1Cl. The van der Waals surface area contributed by atoms with Gasteiger partial charge in [0.15, 0.2) is 5.82 Å². The second-order valence-corrected chi connectivity index (χ2v) is 8.50. The Labute approximate surface area is 166 Å². The number of aromatic nitrogens is 4. The maximum Gasteiger partial charge on any atom is 0.264 e. The van der Waals surface area contributed by atoms with Gasteiger partial charge in [0.05, 0.1) is 5.56 Å². The van der Waals surface area contributed by atoms with Gasteiger partial charge in [-0.15, -0.1) is 10.2 Å². The van der Waals surface area contributed by atoms with Crippen molar-refractivity contribution >= 4 is 27.3 Å². The standard InChI is InChI=1S/C18H17ClFN5O2S/c19-17-15(5-4-9-21-17)28(26,27)24-12-7-8-14(20)13(11-12)18-23-22-16-6-2-1-3-10-25(16)18/h4-5,7-9,11,24H,1-3,6,10H2. The summed E-state index contributed by atoms with van der Waals surface area (Å²) < 4.78 is 44.1. The fourth-order valence-electron chi connectivity index (χ4n) is 3.23. The third-order valence-corrected chi connectivity index (χ3v) is 6.41. The Morgan fingerprint density at radius 2 is 2.00 bits per heavy atom. The van der Waals surface area contributed by atoms with Crippen LogP contribution in [0, 0.1) is 5.82 Å². The summed E-state index contributed by atoms with van der Waals surface area (Å²) in [7, 11) is -3.98. The highest BCUT2D eigenvalue weighted by Gasteiger charge is 2.22. The molecule has 0 atom stereocenters. The van der Waals surface area contributed by atoms with Crippen LogP contribution in [0.1, 0.15) is 25.1 Å². The Morgan fingerprint density at radius 1 is 1.14 bits per heavy atom. The van der Waals surface area contributed by atoms with Gasteiger partial charge < -0.3 is 4.57 Å². The predicted octanol–water partition coefficient (Wildman–Crippen LogP) is 3.66. The van der Waals surface area contributed by atoms with Crippen LogP contribution >= 0.6 is 11.6 Å². The number of rotatable bonds is 4. The van der Waals surface area contributed by atoms with E-state index in [0.29, 0.717) is 12.4 Å². The van der Waals surface area contributed by atoms with Crippen LogP contribution in [0.3, 0.4) is 0 Å². The minimum atomic E-state index is -3.98. The minimum Gasteiger partial charge on any atom is -0.311 e. The van der Waals surface area contributed by atoms with Crippen molar-refractivity contribution in [3.8, 4) is 11.4 Å². The largest absolute Gasteiger partial charge is 0.311 e. The number of nitrogens with one attached hydrogen (secondary N) is 1. The molecular formula is C18H17ClFN5O2S. The first-order valence-corrected chi connectivity index (χ1v) is 10.7. The smallest absolute Gasteiger partial charge is 0.264 e. The summed E-state index contributed by atoms with van der Waals surface area (Å²) in [5.41, 5.74) is 0.389. The van der Waals surface area contributed by atoms with Crippen molar-refractivity contribution in [3.63, 3.8) is 0 Å². The molecule has 0 amide bonds. The maximum atomic E-state index is 14.5. The number of hydrogen-bond donors (Lipinski definition) is 1. The van der Waals surface area contributed by atoms with Gasteiger partial charge in [0.1, 0.15) is 21.7 Å². The summed E-state index contributed by atoms with van der Waals surface area (Å²) in [5, 5.41) is 8.19. The molecule has 0 bridgehead atoms. The molecular weight excluding hydrogens is 405 g/mol.